The van der Waals surface area contributed by atoms with Gasteiger partial charge in [-0.3, -0.25) is 9.59 Å². The molecule has 2 aromatic carbocycles. The Morgan fingerprint density at radius 2 is 1.98 bits per heavy atom. The molecule has 0 unspecified atom stereocenters. The van der Waals surface area contributed by atoms with E-state index >= 15 is 0 Å². The average Bonchev–Trinajstić information content (AvgIpc) is 3.67. The zero-order valence-electron chi connectivity index (χ0n) is 23.9. The Labute approximate surface area is 262 Å². The molecule has 1 fully saturated rings. The smallest absolute Gasteiger partial charge is 0.333 e. The molecular formula is C30H25ClF5N5O5. The molecule has 4 N–H and O–H groups in total. The lowest BCUT2D eigenvalue weighted by Gasteiger charge is -2.30. The Balaban J connectivity index is 1.42. The van der Waals surface area contributed by atoms with E-state index < -0.39 is 60.7 Å². The number of nitrogens with zero attached hydrogens (tertiary/aromatic N) is 3. The number of nitrogens with one attached hydrogen (secondary N) is 1. The first kappa shape index (κ1) is 31.5. The summed E-state index contributed by atoms with van der Waals surface area (Å²) in [7, 11) is 1.28. The Hall–Kier alpha value is -4.50. The van der Waals surface area contributed by atoms with Gasteiger partial charge in [-0.25, -0.2) is 22.8 Å². The van der Waals surface area contributed by atoms with Crippen molar-refractivity contribution < 1.29 is 46.1 Å². The number of hydrogen-bond acceptors (Lipinski definition) is 7. The Kier molecular flexibility index (Phi) is 7.79. The van der Waals surface area contributed by atoms with Crippen molar-refractivity contribution >= 4 is 34.3 Å². The van der Waals surface area contributed by atoms with Crippen molar-refractivity contribution in [2.45, 2.75) is 36.8 Å². The normalized spacial score (nSPS) is 18.8. The largest absolute Gasteiger partial charge is 0.494 e. The number of halogens is 6. The molecule has 1 aliphatic carbocycles. The van der Waals surface area contributed by atoms with E-state index in [-0.39, 0.29) is 55.5 Å². The molecule has 0 saturated heterocycles. The topological polar surface area (TPSA) is 142 Å². The monoisotopic (exact) mass is 665 g/mol. The molecule has 2 atom stereocenters. The van der Waals surface area contributed by atoms with E-state index in [9.17, 15) is 36.6 Å². The number of hydrogen-bond donors (Lipinski definition) is 3. The number of carbonyl (C=O) groups excluding carboxylic acids is 2. The fourth-order valence-electron chi connectivity index (χ4n) is 5.66. The minimum absolute atomic E-state index is 0.00119. The molecule has 10 nitrogen and oxygen atoms in total. The van der Waals surface area contributed by atoms with E-state index in [2.05, 4.69) is 15.4 Å². The lowest BCUT2D eigenvalue weighted by Crippen LogP contribution is -2.49. The Morgan fingerprint density at radius 3 is 2.59 bits per heavy atom. The first-order chi connectivity index (χ1) is 21.8. The molecule has 0 bridgehead atoms. The maximum absolute atomic E-state index is 14.6. The zero-order valence-corrected chi connectivity index (χ0v) is 24.6. The van der Waals surface area contributed by atoms with Crippen LogP contribution in [0.15, 0.2) is 42.6 Å². The number of alkyl halides is 4. The van der Waals surface area contributed by atoms with Crippen LogP contribution in [0.2, 0.25) is 5.02 Å². The minimum atomic E-state index is -3.31. The zero-order chi connectivity index (χ0) is 33.1. The molecular weight excluding hydrogens is 641 g/mol. The van der Waals surface area contributed by atoms with Crippen LogP contribution in [0.4, 0.5) is 22.0 Å². The van der Waals surface area contributed by atoms with Crippen LogP contribution in [-0.4, -0.2) is 58.4 Å². The summed E-state index contributed by atoms with van der Waals surface area (Å²) in [5.74, 6) is -3.50. The van der Waals surface area contributed by atoms with E-state index in [4.69, 9.17) is 26.8 Å². The van der Waals surface area contributed by atoms with E-state index in [0.29, 0.717) is 17.5 Å². The summed E-state index contributed by atoms with van der Waals surface area (Å²) >= 11 is 5.99. The van der Waals surface area contributed by atoms with E-state index in [1.807, 2.05) is 0 Å². The lowest BCUT2D eigenvalue weighted by atomic mass is 9.79. The number of benzene rings is 2. The summed E-state index contributed by atoms with van der Waals surface area (Å²) in [6, 6.07) is 7.23. The number of aliphatic hydroxyl groups is 1. The fourth-order valence-corrected chi connectivity index (χ4v) is 5.84. The Bertz CT molecular complexity index is 1890. The van der Waals surface area contributed by atoms with Gasteiger partial charge in [-0.1, -0.05) is 11.6 Å². The molecule has 16 heteroatoms. The summed E-state index contributed by atoms with van der Waals surface area (Å²) in [5.41, 5.74) is 0.589. The predicted molar refractivity (Wildman–Crippen MR) is 154 cm³/mol. The van der Waals surface area contributed by atoms with Crippen molar-refractivity contribution in [2.24, 2.45) is 11.7 Å². The second-order valence-electron chi connectivity index (χ2n) is 11.2. The number of primary amides is 1. The number of amides is 2. The maximum Gasteiger partial charge on any atom is 0.333 e. The number of aromatic nitrogens is 3. The number of pyridine rings is 1. The number of carbonyl (C=O) groups is 2. The third-order valence-corrected chi connectivity index (χ3v) is 8.68. The lowest BCUT2D eigenvalue weighted by molar-refractivity contribution is -0.130. The fraction of sp³-hybridized carbons (Fsp3) is 0.333. The first-order valence-electron chi connectivity index (χ1n) is 13.9. The molecule has 2 aromatic heterocycles. The SMILES string of the molecule is COc1cc(C(=O)NC[C@](O)(c2cc3c(c(-c4ccc(F)c(Cl)c4)n2)OC[C@@]3(C(N)=O)C(F)F)C2CC2)cc2cn(C(F)F)nc12. The van der Waals surface area contributed by atoms with Gasteiger partial charge < -0.3 is 25.6 Å². The summed E-state index contributed by atoms with van der Waals surface area (Å²) in [5, 5.41) is 18.4. The second kappa shape index (κ2) is 11.4. The number of rotatable bonds is 10. The molecule has 4 aromatic rings. The van der Waals surface area contributed by atoms with Crippen molar-refractivity contribution in [3.8, 4) is 22.8 Å². The van der Waals surface area contributed by atoms with Crippen LogP contribution < -0.4 is 20.5 Å². The minimum Gasteiger partial charge on any atom is -0.494 e. The molecule has 1 aliphatic heterocycles. The van der Waals surface area contributed by atoms with Crippen LogP contribution in [0.3, 0.4) is 0 Å². The highest BCUT2D eigenvalue weighted by Gasteiger charge is 2.56. The quantitative estimate of drug-likeness (QED) is 0.209. The summed E-state index contributed by atoms with van der Waals surface area (Å²) in [6.45, 7) is -4.21. The van der Waals surface area contributed by atoms with Crippen molar-refractivity contribution in [1.82, 2.24) is 20.1 Å². The molecule has 3 heterocycles. The number of ether oxygens (including phenoxy) is 2. The van der Waals surface area contributed by atoms with Gasteiger partial charge in [-0.2, -0.15) is 13.9 Å². The second-order valence-corrected chi connectivity index (χ2v) is 11.6. The predicted octanol–water partition coefficient (Wildman–Crippen LogP) is 4.70. The van der Waals surface area contributed by atoms with Crippen LogP contribution in [0.5, 0.6) is 11.5 Å². The van der Waals surface area contributed by atoms with Crippen LogP contribution in [0, 0.1) is 11.7 Å². The first-order valence-corrected chi connectivity index (χ1v) is 14.3. The van der Waals surface area contributed by atoms with Crippen molar-refractivity contribution in [2.75, 3.05) is 20.3 Å². The molecule has 0 spiro atoms. The highest BCUT2D eigenvalue weighted by atomic mass is 35.5. The van der Waals surface area contributed by atoms with Crippen LogP contribution in [0.1, 0.15) is 41.0 Å². The third kappa shape index (κ3) is 5.07. The van der Waals surface area contributed by atoms with Crippen molar-refractivity contribution in [3.05, 3.63) is 70.3 Å². The summed E-state index contributed by atoms with van der Waals surface area (Å²) in [6.07, 6.45) is -1.28. The average molecular weight is 666 g/mol. The highest BCUT2D eigenvalue weighted by Crippen LogP contribution is 2.51. The van der Waals surface area contributed by atoms with E-state index in [1.54, 1.807) is 0 Å². The number of fused-ring (bicyclic) bond motifs is 2. The standard InChI is InChI=1S/C30H25ClF5N5O5/c1-45-20-8-14(6-15-10-41(28(35)36)40-22(15)20)25(42)38-11-30(44,16-3-4-16)21-9-17-24(46-12-29(17,26(33)34)27(37)43)23(39-21)13-2-5-19(32)18(31)7-13/h2,5-10,16,26,28,44H,3-4,11-12H2,1H3,(H2,37,43)(H,38,42)/t29-,30+/m0/s1. The van der Waals surface area contributed by atoms with E-state index in [1.165, 1.54) is 31.4 Å². The maximum atomic E-state index is 14.6. The molecule has 1 saturated carbocycles. The third-order valence-electron chi connectivity index (χ3n) is 8.39. The van der Waals surface area contributed by atoms with Crippen LogP contribution in [-0.2, 0) is 15.8 Å². The van der Waals surface area contributed by atoms with Crippen LogP contribution in [0.25, 0.3) is 22.2 Å². The highest BCUT2D eigenvalue weighted by molar-refractivity contribution is 6.31. The van der Waals surface area contributed by atoms with Gasteiger partial charge in [0.2, 0.25) is 5.91 Å². The van der Waals surface area contributed by atoms with Gasteiger partial charge in [0.25, 0.3) is 12.3 Å². The van der Waals surface area contributed by atoms with Gasteiger partial charge >= 0.3 is 6.55 Å². The van der Waals surface area contributed by atoms with Gasteiger partial charge in [-0.15, -0.1) is 0 Å². The summed E-state index contributed by atoms with van der Waals surface area (Å²) < 4.78 is 80.9. The van der Waals surface area contributed by atoms with Gasteiger partial charge in [0.05, 0.1) is 24.4 Å². The van der Waals surface area contributed by atoms with Crippen molar-refractivity contribution in [1.29, 1.82) is 0 Å². The molecule has 0 radical (unpaired) electrons. The Morgan fingerprint density at radius 1 is 1.24 bits per heavy atom. The van der Waals surface area contributed by atoms with Crippen molar-refractivity contribution in [3.63, 3.8) is 0 Å². The molecule has 2 amide bonds. The number of nitrogens with two attached hydrogens (primary N) is 1. The molecule has 6 rings (SSSR count). The van der Waals surface area contributed by atoms with Gasteiger partial charge in [-0.05, 0) is 55.2 Å². The van der Waals surface area contributed by atoms with Gasteiger partial charge in [0.1, 0.15) is 40.7 Å². The van der Waals surface area contributed by atoms with Crippen LogP contribution >= 0.6 is 11.6 Å². The van der Waals surface area contributed by atoms with E-state index in [0.717, 1.165) is 18.3 Å². The molecule has 242 valence electrons. The van der Waals surface area contributed by atoms with Gasteiger partial charge in [0.15, 0.2) is 5.41 Å². The molecule has 46 heavy (non-hydrogen) atoms. The molecule has 2 aliphatic rings. The number of methoxy groups -OCH3 is 1. The van der Waals surface area contributed by atoms with Gasteiger partial charge in [0, 0.05) is 28.3 Å². The summed E-state index contributed by atoms with van der Waals surface area (Å²) in [4.78, 5) is 30.4.